The highest BCUT2D eigenvalue weighted by molar-refractivity contribution is 5.84. The van der Waals surface area contributed by atoms with Crippen LogP contribution in [0.15, 0.2) is 189 Å². The molecule has 9 rings (SSSR count). The van der Waals surface area contributed by atoms with E-state index in [1.807, 2.05) is 24.3 Å². The predicted octanol–water partition coefficient (Wildman–Crippen LogP) is 12.1. The maximum absolute atomic E-state index is 4.91. The SMILES string of the molecule is C1=CC(c2cccc(-c3cc(-c4ccc(-c5ccccc5)cc4)cc(-c4ccc(-c5nc(-c6ccncc6)nc(-c6ccncc6)n5)cc4)c3)c2)=CCC1. The van der Waals surface area contributed by atoms with Crippen LogP contribution < -0.4 is 0 Å². The summed E-state index contributed by atoms with van der Waals surface area (Å²) in [6.45, 7) is 0. The number of pyridine rings is 2. The summed E-state index contributed by atoms with van der Waals surface area (Å²) in [5.74, 6) is 1.79. The highest BCUT2D eigenvalue weighted by Crippen LogP contribution is 2.36. The van der Waals surface area contributed by atoms with Crippen molar-refractivity contribution >= 4 is 5.57 Å². The third-order valence-corrected chi connectivity index (χ3v) is 9.77. The quantitative estimate of drug-likeness (QED) is 0.158. The molecule has 0 atom stereocenters. The minimum absolute atomic E-state index is 0.593. The van der Waals surface area contributed by atoms with E-state index in [0.717, 1.165) is 46.2 Å². The predicted molar refractivity (Wildman–Crippen MR) is 220 cm³/mol. The summed E-state index contributed by atoms with van der Waals surface area (Å²) in [6, 6.07) is 51.4. The van der Waals surface area contributed by atoms with Gasteiger partial charge in [0.15, 0.2) is 17.5 Å². The fourth-order valence-electron chi connectivity index (χ4n) is 6.90. The largest absolute Gasteiger partial charge is 0.265 e. The lowest BCUT2D eigenvalue weighted by atomic mass is 9.91. The molecule has 0 spiro atoms. The molecule has 0 aliphatic heterocycles. The van der Waals surface area contributed by atoms with Gasteiger partial charge in [-0.25, -0.2) is 15.0 Å². The van der Waals surface area contributed by atoms with Crippen LogP contribution in [0.2, 0.25) is 0 Å². The van der Waals surface area contributed by atoms with Crippen LogP contribution in [0.5, 0.6) is 0 Å². The summed E-state index contributed by atoms with van der Waals surface area (Å²) in [5, 5.41) is 0. The van der Waals surface area contributed by atoms with Crippen molar-refractivity contribution in [2.24, 2.45) is 0 Å². The van der Waals surface area contributed by atoms with Crippen molar-refractivity contribution < 1.29 is 0 Å². The minimum Gasteiger partial charge on any atom is -0.265 e. The van der Waals surface area contributed by atoms with Gasteiger partial charge in [-0.1, -0.05) is 115 Å². The van der Waals surface area contributed by atoms with Crippen LogP contribution in [0.1, 0.15) is 18.4 Å². The summed E-state index contributed by atoms with van der Waals surface area (Å²) in [7, 11) is 0. The first kappa shape index (κ1) is 32.8. The maximum Gasteiger partial charge on any atom is 0.164 e. The standard InChI is InChI=1S/C49H35N5/c1-3-8-34(9-4-1)36-14-16-37(17-15-36)44-31-45(33-46(32-44)43-13-7-12-42(30-43)35-10-5-2-6-11-35)38-18-20-39(21-19-38)47-52-48(40-22-26-50-27-23-40)54-49(53-47)41-24-28-51-29-25-41/h1,3-5,7-33H,2,6H2. The summed E-state index contributed by atoms with van der Waals surface area (Å²) in [6.07, 6.45) is 16.0. The lowest BCUT2D eigenvalue weighted by Gasteiger charge is -2.14. The molecule has 0 unspecified atom stereocenters. The van der Waals surface area contributed by atoms with Gasteiger partial charge in [-0.05, 0) is 117 Å². The van der Waals surface area contributed by atoms with Crippen LogP contribution in [0.25, 0.3) is 84.2 Å². The molecule has 5 nitrogen and oxygen atoms in total. The van der Waals surface area contributed by atoms with Gasteiger partial charge in [0, 0.05) is 41.5 Å². The van der Waals surface area contributed by atoms with Crippen molar-refractivity contribution in [1.29, 1.82) is 0 Å². The Kier molecular flexibility index (Phi) is 9.02. The average molecular weight is 694 g/mol. The van der Waals surface area contributed by atoms with E-state index < -0.39 is 0 Å². The molecule has 3 heterocycles. The second kappa shape index (κ2) is 14.9. The minimum atomic E-state index is 0.593. The Bertz CT molecular complexity index is 2560. The second-order valence-corrected chi connectivity index (χ2v) is 13.3. The Morgan fingerprint density at radius 3 is 1.24 bits per heavy atom. The van der Waals surface area contributed by atoms with E-state index in [2.05, 4.69) is 150 Å². The zero-order valence-electron chi connectivity index (χ0n) is 29.5. The Hall–Kier alpha value is -7.11. The van der Waals surface area contributed by atoms with Gasteiger partial charge in [-0.2, -0.15) is 0 Å². The molecule has 0 saturated heterocycles. The molecule has 0 radical (unpaired) electrons. The highest BCUT2D eigenvalue weighted by atomic mass is 15.0. The van der Waals surface area contributed by atoms with E-state index >= 15 is 0 Å². The number of hydrogen-bond acceptors (Lipinski definition) is 5. The fourth-order valence-corrected chi connectivity index (χ4v) is 6.90. The molecule has 0 saturated carbocycles. The summed E-state index contributed by atoms with van der Waals surface area (Å²) in [4.78, 5) is 23.0. The van der Waals surface area contributed by atoms with E-state index in [1.54, 1.807) is 24.8 Å². The monoisotopic (exact) mass is 693 g/mol. The first-order valence-corrected chi connectivity index (χ1v) is 18.2. The first-order chi connectivity index (χ1) is 26.7. The van der Waals surface area contributed by atoms with Crippen LogP contribution in [0.3, 0.4) is 0 Å². The van der Waals surface area contributed by atoms with Gasteiger partial charge in [-0.3, -0.25) is 9.97 Å². The molecule has 3 aromatic heterocycles. The van der Waals surface area contributed by atoms with Gasteiger partial charge < -0.3 is 0 Å². The number of allylic oxidation sites excluding steroid dienone is 4. The van der Waals surface area contributed by atoms with Gasteiger partial charge in [0.2, 0.25) is 0 Å². The van der Waals surface area contributed by atoms with Crippen molar-refractivity contribution in [3.05, 3.63) is 194 Å². The number of hydrogen-bond donors (Lipinski definition) is 0. The van der Waals surface area contributed by atoms with E-state index in [-0.39, 0.29) is 0 Å². The molecule has 0 fully saturated rings. The van der Waals surface area contributed by atoms with Crippen LogP contribution in [0, 0.1) is 0 Å². The lowest BCUT2D eigenvalue weighted by molar-refractivity contribution is 1.04. The van der Waals surface area contributed by atoms with Gasteiger partial charge in [0.25, 0.3) is 0 Å². The maximum atomic E-state index is 4.91. The van der Waals surface area contributed by atoms with Crippen molar-refractivity contribution in [3.8, 4) is 78.7 Å². The van der Waals surface area contributed by atoms with Crippen molar-refractivity contribution in [2.45, 2.75) is 12.8 Å². The summed E-state index contributed by atoms with van der Waals surface area (Å²) < 4.78 is 0. The Morgan fingerprint density at radius 1 is 0.315 bits per heavy atom. The van der Waals surface area contributed by atoms with Crippen molar-refractivity contribution in [2.75, 3.05) is 0 Å². The molecule has 0 bridgehead atoms. The summed E-state index contributed by atoms with van der Waals surface area (Å²) >= 11 is 0. The Balaban J connectivity index is 1.12. The molecule has 54 heavy (non-hydrogen) atoms. The molecule has 8 aromatic rings. The van der Waals surface area contributed by atoms with E-state index in [9.17, 15) is 0 Å². The first-order valence-electron chi connectivity index (χ1n) is 18.2. The van der Waals surface area contributed by atoms with Crippen molar-refractivity contribution in [3.63, 3.8) is 0 Å². The zero-order valence-corrected chi connectivity index (χ0v) is 29.5. The average Bonchev–Trinajstić information content (AvgIpc) is 3.27. The Labute approximate surface area is 315 Å². The van der Waals surface area contributed by atoms with E-state index in [4.69, 9.17) is 15.0 Å². The van der Waals surface area contributed by atoms with Gasteiger partial charge in [-0.15, -0.1) is 0 Å². The molecule has 5 heteroatoms. The highest BCUT2D eigenvalue weighted by Gasteiger charge is 2.14. The van der Waals surface area contributed by atoms with Crippen LogP contribution in [-0.4, -0.2) is 24.9 Å². The van der Waals surface area contributed by atoms with Gasteiger partial charge in [0.1, 0.15) is 0 Å². The molecule has 256 valence electrons. The van der Waals surface area contributed by atoms with E-state index in [0.29, 0.717) is 17.5 Å². The van der Waals surface area contributed by atoms with Gasteiger partial charge >= 0.3 is 0 Å². The van der Waals surface area contributed by atoms with E-state index in [1.165, 1.54) is 39.0 Å². The molecular weight excluding hydrogens is 659 g/mol. The number of benzene rings is 5. The topological polar surface area (TPSA) is 64.5 Å². The molecule has 5 aromatic carbocycles. The van der Waals surface area contributed by atoms with Crippen LogP contribution >= 0.6 is 0 Å². The third-order valence-electron chi connectivity index (χ3n) is 9.77. The number of nitrogens with zero attached hydrogens (tertiary/aromatic N) is 5. The van der Waals surface area contributed by atoms with Crippen LogP contribution in [0.4, 0.5) is 0 Å². The molecule has 0 N–H and O–H groups in total. The smallest absolute Gasteiger partial charge is 0.164 e. The zero-order chi connectivity index (χ0) is 36.1. The molecule has 0 amide bonds. The number of rotatable bonds is 8. The third kappa shape index (κ3) is 7.03. The molecule has 1 aliphatic rings. The van der Waals surface area contributed by atoms with Crippen molar-refractivity contribution in [1.82, 2.24) is 24.9 Å². The normalized spacial score (nSPS) is 12.3. The van der Waals surface area contributed by atoms with Gasteiger partial charge in [0.05, 0.1) is 0 Å². The Morgan fingerprint density at radius 2 is 0.722 bits per heavy atom. The molecule has 1 aliphatic carbocycles. The van der Waals surface area contributed by atoms with Crippen LogP contribution in [-0.2, 0) is 0 Å². The molecular formula is C49H35N5. The second-order valence-electron chi connectivity index (χ2n) is 13.3. The fraction of sp³-hybridized carbons (Fsp3) is 0.0408. The lowest BCUT2D eigenvalue weighted by Crippen LogP contribution is -2.00. The summed E-state index contributed by atoms with van der Waals surface area (Å²) in [5.41, 5.74) is 14.5. The number of aromatic nitrogens is 5.